The number of amides is 2. The Hall–Kier alpha value is -3.95. The number of benzene rings is 1. The minimum absolute atomic E-state index is 0.102. The maximum atomic E-state index is 12.6. The van der Waals surface area contributed by atoms with Crippen molar-refractivity contribution >= 4 is 17.5 Å². The highest BCUT2D eigenvalue weighted by molar-refractivity contribution is 6.00. The van der Waals surface area contributed by atoms with Gasteiger partial charge >= 0.3 is 0 Å². The molecule has 1 aliphatic heterocycles. The van der Waals surface area contributed by atoms with Gasteiger partial charge in [0.05, 0.1) is 19.6 Å². The summed E-state index contributed by atoms with van der Waals surface area (Å²) in [5.41, 5.74) is 0.458. The van der Waals surface area contributed by atoms with Gasteiger partial charge in [-0.25, -0.2) is 9.36 Å². The SMILES string of the molecule is COc1ccc(N2CC(C(=O)NCCn3nc(-n4cccn4)ccc3=O)CC2=O)cc1. The molecular weight excluding hydrogens is 400 g/mol. The van der Waals surface area contributed by atoms with Crippen molar-refractivity contribution in [1.29, 1.82) is 0 Å². The molecule has 1 aliphatic rings. The second-order valence-corrected chi connectivity index (χ2v) is 7.10. The molecule has 31 heavy (non-hydrogen) atoms. The van der Waals surface area contributed by atoms with Gasteiger partial charge in [0.15, 0.2) is 5.82 Å². The van der Waals surface area contributed by atoms with Crippen molar-refractivity contribution in [3.8, 4) is 11.6 Å². The van der Waals surface area contributed by atoms with Crippen LogP contribution in [0, 0.1) is 5.92 Å². The number of anilines is 1. The van der Waals surface area contributed by atoms with Crippen LogP contribution >= 0.6 is 0 Å². The predicted octanol–water partition coefficient (Wildman–Crippen LogP) is 0.607. The molecule has 1 aromatic carbocycles. The third kappa shape index (κ3) is 4.47. The standard InChI is InChI=1S/C21H22N6O4/c1-31-17-5-3-16(4-6-17)25-14-15(13-20(25)29)21(30)22-10-12-27-19(28)8-7-18(24-27)26-11-2-9-23-26/h2-9,11,15H,10,12-14H2,1H3,(H,22,30). The van der Waals surface area contributed by atoms with Crippen molar-refractivity contribution in [3.63, 3.8) is 0 Å². The number of nitrogens with zero attached hydrogens (tertiary/aromatic N) is 5. The van der Waals surface area contributed by atoms with Crippen LogP contribution in [0.15, 0.2) is 59.7 Å². The summed E-state index contributed by atoms with van der Waals surface area (Å²) >= 11 is 0. The molecule has 1 unspecified atom stereocenters. The molecule has 0 saturated carbocycles. The molecule has 3 aromatic rings. The van der Waals surface area contributed by atoms with Gasteiger partial charge in [0.1, 0.15) is 5.75 Å². The number of carbonyl (C=O) groups excluding carboxylic acids is 2. The van der Waals surface area contributed by atoms with Gasteiger partial charge in [0.25, 0.3) is 5.56 Å². The van der Waals surface area contributed by atoms with Crippen molar-refractivity contribution in [2.24, 2.45) is 5.92 Å². The number of rotatable bonds is 7. The van der Waals surface area contributed by atoms with E-state index in [-0.39, 0.29) is 36.9 Å². The van der Waals surface area contributed by atoms with Gasteiger partial charge < -0.3 is 15.0 Å². The van der Waals surface area contributed by atoms with E-state index in [0.29, 0.717) is 18.1 Å². The van der Waals surface area contributed by atoms with Gasteiger partial charge in [-0.3, -0.25) is 14.4 Å². The van der Waals surface area contributed by atoms with Crippen LogP contribution in [0.3, 0.4) is 0 Å². The van der Waals surface area contributed by atoms with Crippen molar-refractivity contribution in [2.75, 3.05) is 25.1 Å². The molecule has 0 aliphatic carbocycles. The van der Waals surface area contributed by atoms with Crippen LogP contribution in [0.4, 0.5) is 5.69 Å². The summed E-state index contributed by atoms with van der Waals surface area (Å²) in [5, 5.41) is 11.2. The molecule has 4 rings (SSSR count). The Morgan fingerprint density at radius 2 is 2.00 bits per heavy atom. The maximum absolute atomic E-state index is 12.6. The molecule has 160 valence electrons. The Bertz CT molecular complexity index is 1120. The third-order valence-corrected chi connectivity index (χ3v) is 5.09. The summed E-state index contributed by atoms with van der Waals surface area (Å²) in [6.07, 6.45) is 3.49. The highest BCUT2D eigenvalue weighted by Crippen LogP contribution is 2.26. The minimum atomic E-state index is -0.449. The zero-order chi connectivity index (χ0) is 21.8. The summed E-state index contributed by atoms with van der Waals surface area (Å²) in [6.45, 7) is 0.744. The van der Waals surface area contributed by atoms with Gasteiger partial charge in [0, 0.05) is 43.7 Å². The van der Waals surface area contributed by atoms with Crippen molar-refractivity contribution in [1.82, 2.24) is 24.9 Å². The Morgan fingerprint density at radius 1 is 1.19 bits per heavy atom. The van der Waals surface area contributed by atoms with Crippen LogP contribution in [0.2, 0.25) is 0 Å². The summed E-state index contributed by atoms with van der Waals surface area (Å²) in [5.74, 6) is 0.433. The van der Waals surface area contributed by atoms with E-state index in [1.54, 1.807) is 65.5 Å². The van der Waals surface area contributed by atoms with Gasteiger partial charge in [-0.1, -0.05) is 0 Å². The zero-order valence-electron chi connectivity index (χ0n) is 17.0. The summed E-state index contributed by atoms with van der Waals surface area (Å²) in [6, 6.07) is 11.9. The molecule has 2 amide bonds. The van der Waals surface area contributed by atoms with Crippen molar-refractivity contribution < 1.29 is 14.3 Å². The molecule has 0 spiro atoms. The first-order valence-corrected chi connectivity index (χ1v) is 9.85. The third-order valence-electron chi connectivity index (χ3n) is 5.09. The quantitative estimate of drug-likeness (QED) is 0.597. The van der Waals surface area contributed by atoms with Crippen molar-refractivity contribution in [2.45, 2.75) is 13.0 Å². The zero-order valence-corrected chi connectivity index (χ0v) is 17.0. The number of hydrogen-bond donors (Lipinski definition) is 1. The highest BCUT2D eigenvalue weighted by atomic mass is 16.5. The predicted molar refractivity (Wildman–Crippen MR) is 112 cm³/mol. The first kappa shape index (κ1) is 20.3. The molecule has 1 N–H and O–H groups in total. The van der Waals surface area contributed by atoms with Crippen LogP contribution in [-0.4, -0.2) is 51.6 Å². The molecule has 2 aromatic heterocycles. The number of ether oxygens (including phenoxy) is 1. The van der Waals surface area contributed by atoms with Crippen LogP contribution in [-0.2, 0) is 16.1 Å². The van der Waals surface area contributed by atoms with E-state index in [1.807, 2.05) is 0 Å². The van der Waals surface area contributed by atoms with Gasteiger partial charge in [0.2, 0.25) is 11.8 Å². The van der Waals surface area contributed by atoms with Gasteiger partial charge in [-0.05, 0) is 36.4 Å². The van der Waals surface area contributed by atoms with E-state index in [9.17, 15) is 14.4 Å². The smallest absolute Gasteiger partial charge is 0.266 e. The lowest BCUT2D eigenvalue weighted by molar-refractivity contribution is -0.126. The van der Waals surface area contributed by atoms with E-state index in [1.165, 1.54) is 10.7 Å². The summed E-state index contributed by atoms with van der Waals surface area (Å²) in [4.78, 5) is 38.6. The number of carbonyl (C=O) groups is 2. The molecule has 10 nitrogen and oxygen atoms in total. The average Bonchev–Trinajstić information content (AvgIpc) is 3.45. The molecule has 10 heteroatoms. The second-order valence-electron chi connectivity index (χ2n) is 7.10. The average molecular weight is 422 g/mol. The van der Waals surface area contributed by atoms with Crippen LogP contribution in [0.5, 0.6) is 5.75 Å². The first-order valence-electron chi connectivity index (χ1n) is 9.85. The molecular formula is C21H22N6O4. The van der Waals surface area contributed by atoms with E-state index in [0.717, 1.165) is 5.69 Å². The van der Waals surface area contributed by atoms with Crippen molar-refractivity contribution in [3.05, 3.63) is 65.2 Å². The number of nitrogens with one attached hydrogen (secondary N) is 1. The summed E-state index contributed by atoms with van der Waals surface area (Å²) < 4.78 is 7.96. The van der Waals surface area contributed by atoms with E-state index < -0.39 is 5.92 Å². The van der Waals surface area contributed by atoms with Gasteiger partial charge in [-0.15, -0.1) is 5.10 Å². The second kappa shape index (κ2) is 8.82. The highest BCUT2D eigenvalue weighted by Gasteiger charge is 2.34. The van der Waals surface area contributed by atoms with E-state index >= 15 is 0 Å². The molecule has 0 bridgehead atoms. The fourth-order valence-corrected chi connectivity index (χ4v) is 3.45. The monoisotopic (exact) mass is 422 g/mol. The fourth-order valence-electron chi connectivity index (χ4n) is 3.45. The molecule has 1 saturated heterocycles. The topological polar surface area (TPSA) is 111 Å². The minimum Gasteiger partial charge on any atom is -0.497 e. The van der Waals surface area contributed by atoms with Gasteiger partial charge in [-0.2, -0.15) is 5.10 Å². The van der Waals surface area contributed by atoms with Crippen LogP contribution in [0.1, 0.15) is 6.42 Å². The summed E-state index contributed by atoms with van der Waals surface area (Å²) in [7, 11) is 1.58. The lowest BCUT2D eigenvalue weighted by Crippen LogP contribution is -2.36. The first-order chi connectivity index (χ1) is 15.0. The Labute approximate surface area is 178 Å². The normalized spacial score (nSPS) is 15.8. The molecule has 3 heterocycles. The Balaban J connectivity index is 1.34. The van der Waals surface area contributed by atoms with E-state index in [2.05, 4.69) is 15.5 Å². The van der Waals surface area contributed by atoms with Crippen LogP contribution in [0.25, 0.3) is 5.82 Å². The lowest BCUT2D eigenvalue weighted by atomic mass is 10.1. The number of aromatic nitrogens is 4. The maximum Gasteiger partial charge on any atom is 0.266 e. The largest absolute Gasteiger partial charge is 0.497 e. The molecule has 1 fully saturated rings. The molecule has 0 radical (unpaired) electrons. The lowest BCUT2D eigenvalue weighted by Gasteiger charge is -2.17. The molecule has 1 atom stereocenters. The van der Waals surface area contributed by atoms with E-state index in [4.69, 9.17) is 4.74 Å². The fraction of sp³-hybridized carbons (Fsp3) is 0.286. The number of methoxy groups -OCH3 is 1. The van der Waals surface area contributed by atoms with Crippen LogP contribution < -0.4 is 20.5 Å². The number of hydrogen-bond acceptors (Lipinski definition) is 6. The Kier molecular flexibility index (Phi) is 5.78. The Morgan fingerprint density at radius 3 is 2.71 bits per heavy atom.